The molecule has 2 bridgehead atoms. The molecule has 0 spiro atoms. The van der Waals surface area contributed by atoms with E-state index in [0.717, 1.165) is 25.7 Å². The van der Waals surface area contributed by atoms with Gasteiger partial charge in [0.2, 0.25) is 10.0 Å². The monoisotopic (exact) mass is 300 g/mol. The zero-order valence-corrected chi connectivity index (χ0v) is 13.7. The van der Waals surface area contributed by atoms with E-state index in [9.17, 15) is 8.42 Å². The lowest BCUT2D eigenvalue weighted by atomic mass is 9.87. The van der Waals surface area contributed by atoms with Crippen LogP contribution in [-0.2, 0) is 10.0 Å². The summed E-state index contributed by atoms with van der Waals surface area (Å²) in [6.07, 6.45) is 6.58. The Balaban J connectivity index is 1.57. The van der Waals surface area contributed by atoms with Crippen LogP contribution in [0.15, 0.2) is 0 Å². The molecule has 3 fully saturated rings. The molecule has 0 aromatic heterocycles. The maximum atomic E-state index is 11.9. The van der Waals surface area contributed by atoms with Gasteiger partial charge in [0.1, 0.15) is 0 Å². The summed E-state index contributed by atoms with van der Waals surface area (Å²) in [6.45, 7) is 7.56. The van der Waals surface area contributed by atoms with Crippen molar-refractivity contribution in [2.45, 2.75) is 82.2 Å². The van der Waals surface area contributed by atoms with Crippen molar-refractivity contribution in [3.05, 3.63) is 0 Å². The fourth-order valence-corrected chi connectivity index (χ4v) is 5.74. The summed E-state index contributed by atoms with van der Waals surface area (Å²) in [7, 11) is -3.01. The summed E-state index contributed by atoms with van der Waals surface area (Å²) in [5.41, 5.74) is 0.240. The second kappa shape index (κ2) is 4.96. The maximum Gasteiger partial charge on any atom is 0.214 e. The molecule has 0 aromatic carbocycles. The SMILES string of the molecule is CC(C)(C)N1C2CC[C@@H]1CC(CNS(=O)(=O)C1CC1)C2. The van der Waals surface area contributed by atoms with E-state index in [0.29, 0.717) is 24.5 Å². The van der Waals surface area contributed by atoms with Gasteiger partial charge in [-0.05, 0) is 65.2 Å². The highest BCUT2D eigenvalue weighted by atomic mass is 32.2. The number of piperidine rings is 1. The summed E-state index contributed by atoms with van der Waals surface area (Å²) in [5.74, 6) is 0.527. The summed E-state index contributed by atoms with van der Waals surface area (Å²) in [4.78, 5) is 2.68. The van der Waals surface area contributed by atoms with Crippen molar-refractivity contribution in [1.82, 2.24) is 9.62 Å². The third kappa shape index (κ3) is 2.90. The van der Waals surface area contributed by atoms with Gasteiger partial charge in [-0.15, -0.1) is 0 Å². The van der Waals surface area contributed by atoms with Crippen molar-refractivity contribution in [3.63, 3.8) is 0 Å². The Morgan fingerprint density at radius 2 is 1.60 bits per heavy atom. The van der Waals surface area contributed by atoms with Crippen LogP contribution < -0.4 is 4.72 Å². The molecule has 2 aliphatic heterocycles. The maximum absolute atomic E-state index is 11.9. The molecule has 5 heteroatoms. The number of hydrogen-bond acceptors (Lipinski definition) is 3. The molecule has 4 nitrogen and oxygen atoms in total. The van der Waals surface area contributed by atoms with Gasteiger partial charge < -0.3 is 0 Å². The standard InChI is InChI=1S/C15H28N2O2S/c1-15(2,3)17-12-4-5-13(17)9-11(8-12)10-16-20(18,19)14-6-7-14/h11-14,16H,4-10H2,1-3H3/t11?,12-,13?/m1/s1. The molecule has 1 N–H and O–H groups in total. The van der Waals surface area contributed by atoms with Crippen LogP contribution in [0.5, 0.6) is 0 Å². The van der Waals surface area contributed by atoms with E-state index >= 15 is 0 Å². The smallest absolute Gasteiger partial charge is 0.214 e. The van der Waals surface area contributed by atoms with Crippen LogP contribution in [0.25, 0.3) is 0 Å². The molecule has 3 rings (SSSR count). The van der Waals surface area contributed by atoms with Gasteiger partial charge in [-0.25, -0.2) is 13.1 Å². The molecule has 1 aliphatic carbocycles. The zero-order chi connectivity index (χ0) is 14.5. The van der Waals surface area contributed by atoms with Crippen molar-refractivity contribution >= 4 is 10.0 Å². The quantitative estimate of drug-likeness (QED) is 0.865. The highest BCUT2D eigenvalue weighted by Crippen LogP contribution is 2.42. The second-order valence-corrected chi connectivity index (χ2v) is 9.94. The van der Waals surface area contributed by atoms with E-state index in [1.54, 1.807) is 0 Å². The van der Waals surface area contributed by atoms with Crippen LogP contribution in [0.4, 0.5) is 0 Å². The van der Waals surface area contributed by atoms with E-state index < -0.39 is 10.0 Å². The first kappa shape index (κ1) is 14.8. The van der Waals surface area contributed by atoms with Gasteiger partial charge >= 0.3 is 0 Å². The fourth-order valence-electron chi connectivity index (χ4n) is 4.28. The number of hydrogen-bond donors (Lipinski definition) is 1. The van der Waals surface area contributed by atoms with Crippen molar-refractivity contribution in [3.8, 4) is 0 Å². The molecule has 2 heterocycles. The second-order valence-electron chi connectivity index (χ2n) is 7.89. The molecule has 2 saturated heterocycles. The molecular formula is C15H28N2O2S. The Morgan fingerprint density at radius 3 is 2.05 bits per heavy atom. The van der Waals surface area contributed by atoms with Gasteiger partial charge in [0.15, 0.2) is 0 Å². The average molecular weight is 300 g/mol. The minimum Gasteiger partial charge on any atom is -0.293 e. The van der Waals surface area contributed by atoms with E-state index in [-0.39, 0.29) is 10.8 Å². The minimum atomic E-state index is -3.01. The molecule has 20 heavy (non-hydrogen) atoms. The first-order chi connectivity index (χ1) is 9.27. The first-order valence-electron chi connectivity index (χ1n) is 8.04. The van der Waals surface area contributed by atoms with E-state index in [1.807, 2.05) is 0 Å². The first-order valence-corrected chi connectivity index (χ1v) is 9.59. The molecule has 0 radical (unpaired) electrons. The van der Waals surface area contributed by atoms with Crippen LogP contribution in [0, 0.1) is 5.92 Å². The normalized spacial score (nSPS) is 35.5. The number of sulfonamides is 1. The lowest BCUT2D eigenvalue weighted by molar-refractivity contribution is 0.0232. The molecule has 116 valence electrons. The van der Waals surface area contributed by atoms with Gasteiger partial charge in [0.05, 0.1) is 5.25 Å². The molecule has 0 aromatic rings. The van der Waals surface area contributed by atoms with Crippen molar-refractivity contribution in [1.29, 1.82) is 0 Å². The average Bonchev–Trinajstić information content (AvgIpc) is 3.13. The molecular weight excluding hydrogens is 272 g/mol. The number of nitrogens with zero attached hydrogens (tertiary/aromatic N) is 1. The molecule has 0 amide bonds. The van der Waals surface area contributed by atoms with Gasteiger partial charge in [-0.3, -0.25) is 4.90 Å². The fraction of sp³-hybridized carbons (Fsp3) is 1.00. The van der Waals surface area contributed by atoms with Crippen LogP contribution in [0.1, 0.15) is 59.3 Å². The van der Waals surface area contributed by atoms with Crippen molar-refractivity contribution in [2.75, 3.05) is 6.54 Å². The highest BCUT2D eigenvalue weighted by Gasteiger charge is 2.45. The van der Waals surface area contributed by atoms with Crippen LogP contribution in [-0.4, -0.2) is 42.7 Å². The third-order valence-electron chi connectivity index (χ3n) is 5.14. The largest absolute Gasteiger partial charge is 0.293 e. The predicted octanol–water partition coefficient (Wildman–Crippen LogP) is 2.11. The van der Waals surface area contributed by atoms with Crippen LogP contribution in [0.3, 0.4) is 0 Å². The van der Waals surface area contributed by atoms with Gasteiger partial charge in [-0.1, -0.05) is 0 Å². The summed E-state index contributed by atoms with van der Waals surface area (Å²) >= 11 is 0. The van der Waals surface area contributed by atoms with Gasteiger partial charge in [0.25, 0.3) is 0 Å². The minimum absolute atomic E-state index is 0.0890. The molecule has 1 saturated carbocycles. The van der Waals surface area contributed by atoms with E-state index in [1.165, 1.54) is 12.8 Å². The van der Waals surface area contributed by atoms with Crippen molar-refractivity contribution in [2.24, 2.45) is 5.92 Å². The van der Waals surface area contributed by atoms with Gasteiger partial charge in [0, 0.05) is 24.2 Å². The van der Waals surface area contributed by atoms with Crippen LogP contribution in [0.2, 0.25) is 0 Å². The Bertz CT molecular complexity index is 451. The number of nitrogens with one attached hydrogen (secondary N) is 1. The topological polar surface area (TPSA) is 49.4 Å². The lowest BCUT2D eigenvalue weighted by Gasteiger charge is -2.46. The lowest BCUT2D eigenvalue weighted by Crippen LogP contribution is -2.53. The third-order valence-corrected chi connectivity index (χ3v) is 7.06. The zero-order valence-electron chi connectivity index (χ0n) is 12.9. The number of rotatable bonds is 4. The van der Waals surface area contributed by atoms with Crippen molar-refractivity contribution < 1.29 is 8.42 Å². The molecule has 3 aliphatic rings. The Kier molecular flexibility index (Phi) is 3.67. The summed E-state index contributed by atoms with van der Waals surface area (Å²) in [5, 5.41) is -0.0890. The molecule has 3 atom stereocenters. The van der Waals surface area contributed by atoms with E-state index in [4.69, 9.17) is 0 Å². The van der Waals surface area contributed by atoms with Gasteiger partial charge in [-0.2, -0.15) is 0 Å². The summed E-state index contributed by atoms with van der Waals surface area (Å²) in [6, 6.07) is 1.31. The Morgan fingerprint density at radius 1 is 1.05 bits per heavy atom. The highest BCUT2D eigenvalue weighted by molar-refractivity contribution is 7.90. The van der Waals surface area contributed by atoms with E-state index in [2.05, 4.69) is 30.4 Å². The number of fused-ring (bicyclic) bond motifs is 2. The Labute approximate surface area is 123 Å². The summed E-state index contributed by atoms with van der Waals surface area (Å²) < 4.78 is 26.7. The molecule has 2 unspecified atom stereocenters. The Hall–Kier alpha value is -0.130. The predicted molar refractivity (Wildman–Crippen MR) is 81.1 cm³/mol. The van der Waals surface area contributed by atoms with Crippen LogP contribution >= 0.6 is 0 Å².